The molecule has 1 aromatic carbocycles. The summed E-state index contributed by atoms with van der Waals surface area (Å²) in [4.78, 5) is 0. The molecule has 2 heteroatoms. The van der Waals surface area contributed by atoms with Crippen molar-refractivity contribution in [1.29, 1.82) is 0 Å². The van der Waals surface area contributed by atoms with E-state index in [1.54, 1.807) is 0 Å². The normalized spacial score (nSPS) is 11.1. The highest BCUT2D eigenvalue weighted by atomic mass is 16.5. The van der Waals surface area contributed by atoms with Crippen LogP contribution in [-0.4, -0.2) is 13.2 Å². The Labute approximate surface area is 137 Å². The van der Waals surface area contributed by atoms with Gasteiger partial charge in [0.2, 0.25) is 0 Å². The molecule has 0 radical (unpaired) electrons. The Hall–Kier alpha value is -1.02. The molecule has 0 saturated heterocycles. The minimum Gasteiger partial charge on any atom is -0.494 e. The lowest BCUT2D eigenvalue weighted by atomic mass is 9.96. The Morgan fingerprint density at radius 1 is 1.00 bits per heavy atom. The van der Waals surface area contributed by atoms with Crippen molar-refractivity contribution >= 4 is 0 Å². The Balaban J connectivity index is 2.48. The van der Waals surface area contributed by atoms with Gasteiger partial charge in [0.25, 0.3) is 0 Å². The number of aryl methyl sites for hydroxylation is 1. The van der Waals surface area contributed by atoms with Gasteiger partial charge in [-0.3, -0.25) is 0 Å². The lowest BCUT2D eigenvalue weighted by molar-refractivity contribution is 0.304. The van der Waals surface area contributed by atoms with Gasteiger partial charge in [-0.15, -0.1) is 0 Å². The number of ether oxygens (including phenoxy) is 1. The zero-order valence-electron chi connectivity index (χ0n) is 14.9. The topological polar surface area (TPSA) is 35.2 Å². The average molecular weight is 306 g/mol. The van der Waals surface area contributed by atoms with Crippen LogP contribution in [0.5, 0.6) is 5.75 Å². The molecule has 0 fully saturated rings. The van der Waals surface area contributed by atoms with Crippen molar-refractivity contribution in [3.63, 3.8) is 0 Å². The van der Waals surface area contributed by atoms with Gasteiger partial charge in [-0.25, -0.2) is 0 Å². The van der Waals surface area contributed by atoms with E-state index in [0.717, 1.165) is 37.5 Å². The lowest BCUT2D eigenvalue weighted by Crippen LogP contribution is -2.07. The minimum absolute atomic E-state index is 0.704. The molecule has 2 N–H and O–H groups in total. The molecule has 0 aliphatic heterocycles. The van der Waals surface area contributed by atoms with E-state index in [1.807, 2.05) is 0 Å². The summed E-state index contributed by atoms with van der Waals surface area (Å²) in [6.45, 7) is 8.33. The van der Waals surface area contributed by atoms with Crippen molar-refractivity contribution in [2.45, 2.75) is 72.1 Å². The molecule has 0 spiro atoms. The maximum Gasteiger partial charge on any atom is 0.119 e. The molecule has 0 aliphatic rings. The molecule has 0 amide bonds. The summed E-state index contributed by atoms with van der Waals surface area (Å²) in [5.41, 5.74) is 8.57. The van der Waals surface area contributed by atoms with E-state index in [-0.39, 0.29) is 0 Å². The van der Waals surface area contributed by atoms with Gasteiger partial charge in [-0.05, 0) is 61.4 Å². The highest BCUT2D eigenvalue weighted by Gasteiger charge is 2.06. The number of rotatable bonds is 12. The summed E-state index contributed by atoms with van der Waals surface area (Å²) in [6.07, 6.45) is 9.71. The van der Waals surface area contributed by atoms with Crippen LogP contribution in [0.3, 0.4) is 0 Å². The Morgan fingerprint density at radius 3 is 2.45 bits per heavy atom. The number of benzene rings is 1. The summed E-state index contributed by atoms with van der Waals surface area (Å²) < 4.78 is 5.91. The van der Waals surface area contributed by atoms with Gasteiger partial charge in [-0.2, -0.15) is 0 Å². The Morgan fingerprint density at radius 2 is 1.77 bits per heavy atom. The SMILES string of the molecule is CCCCCCCOc1ccc(CCC(C)C)c(CCN)c1. The van der Waals surface area contributed by atoms with Crippen molar-refractivity contribution < 1.29 is 4.74 Å². The van der Waals surface area contributed by atoms with E-state index in [1.165, 1.54) is 43.2 Å². The number of unbranched alkanes of at least 4 members (excludes halogenated alkanes) is 4. The van der Waals surface area contributed by atoms with Crippen LogP contribution in [-0.2, 0) is 12.8 Å². The zero-order valence-corrected chi connectivity index (χ0v) is 14.9. The van der Waals surface area contributed by atoms with Crippen LogP contribution >= 0.6 is 0 Å². The van der Waals surface area contributed by atoms with Gasteiger partial charge in [0.05, 0.1) is 6.61 Å². The highest BCUT2D eigenvalue weighted by molar-refractivity contribution is 5.36. The second-order valence-corrected chi connectivity index (χ2v) is 6.66. The first-order chi connectivity index (χ1) is 10.7. The largest absolute Gasteiger partial charge is 0.494 e. The standard InChI is InChI=1S/C20H35NO/c1-4-5-6-7-8-15-22-20-12-11-18(10-9-17(2)3)19(16-20)13-14-21/h11-12,16-17H,4-10,13-15,21H2,1-3H3. The smallest absolute Gasteiger partial charge is 0.119 e. The zero-order chi connectivity index (χ0) is 16.2. The summed E-state index contributed by atoms with van der Waals surface area (Å²) in [6, 6.07) is 6.57. The molecule has 0 aromatic heterocycles. The second-order valence-electron chi connectivity index (χ2n) is 6.66. The number of hydrogen-bond acceptors (Lipinski definition) is 2. The maximum absolute atomic E-state index is 5.91. The average Bonchev–Trinajstić information content (AvgIpc) is 2.50. The molecule has 0 bridgehead atoms. The van der Waals surface area contributed by atoms with Crippen molar-refractivity contribution in [2.75, 3.05) is 13.2 Å². The second kappa shape index (κ2) is 11.5. The van der Waals surface area contributed by atoms with Gasteiger partial charge < -0.3 is 10.5 Å². The van der Waals surface area contributed by atoms with Crippen LogP contribution in [0.4, 0.5) is 0 Å². The van der Waals surface area contributed by atoms with Crippen molar-refractivity contribution in [2.24, 2.45) is 11.7 Å². The molecule has 22 heavy (non-hydrogen) atoms. The summed E-state index contributed by atoms with van der Waals surface area (Å²) >= 11 is 0. The highest BCUT2D eigenvalue weighted by Crippen LogP contribution is 2.21. The van der Waals surface area contributed by atoms with Gasteiger partial charge in [0.15, 0.2) is 0 Å². The van der Waals surface area contributed by atoms with Gasteiger partial charge >= 0.3 is 0 Å². The van der Waals surface area contributed by atoms with Crippen LogP contribution in [0, 0.1) is 5.92 Å². The first-order valence-corrected chi connectivity index (χ1v) is 9.12. The molecule has 0 atom stereocenters. The van der Waals surface area contributed by atoms with Crippen LogP contribution in [0.15, 0.2) is 18.2 Å². The molecule has 0 saturated carbocycles. The summed E-state index contributed by atoms with van der Waals surface area (Å²) in [5, 5.41) is 0. The minimum atomic E-state index is 0.704. The monoisotopic (exact) mass is 305 g/mol. The summed E-state index contributed by atoms with van der Waals surface area (Å²) in [5.74, 6) is 1.75. The van der Waals surface area contributed by atoms with E-state index < -0.39 is 0 Å². The predicted octanol–water partition coefficient (Wildman–Crippen LogP) is 5.13. The van der Waals surface area contributed by atoms with E-state index in [9.17, 15) is 0 Å². The van der Waals surface area contributed by atoms with Crippen LogP contribution in [0.1, 0.15) is 70.4 Å². The molecular formula is C20H35NO. The van der Waals surface area contributed by atoms with Crippen molar-refractivity contribution in [1.82, 2.24) is 0 Å². The van der Waals surface area contributed by atoms with Crippen LogP contribution in [0.25, 0.3) is 0 Å². The van der Waals surface area contributed by atoms with E-state index in [0.29, 0.717) is 6.54 Å². The van der Waals surface area contributed by atoms with Gasteiger partial charge in [0, 0.05) is 0 Å². The fourth-order valence-corrected chi connectivity index (χ4v) is 2.66. The molecular weight excluding hydrogens is 270 g/mol. The van der Waals surface area contributed by atoms with Gasteiger partial charge in [0.1, 0.15) is 5.75 Å². The van der Waals surface area contributed by atoms with Crippen LogP contribution < -0.4 is 10.5 Å². The summed E-state index contributed by atoms with van der Waals surface area (Å²) in [7, 11) is 0. The first kappa shape index (κ1) is 19.0. The molecule has 2 nitrogen and oxygen atoms in total. The number of hydrogen-bond donors (Lipinski definition) is 1. The Kier molecular flexibility index (Phi) is 9.98. The molecule has 1 rings (SSSR count). The predicted molar refractivity (Wildman–Crippen MR) is 96.6 cm³/mol. The van der Waals surface area contributed by atoms with Crippen molar-refractivity contribution in [3.05, 3.63) is 29.3 Å². The Bertz CT molecular complexity index is 401. The lowest BCUT2D eigenvalue weighted by Gasteiger charge is -2.13. The fraction of sp³-hybridized carbons (Fsp3) is 0.700. The molecule has 0 unspecified atom stereocenters. The van der Waals surface area contributed by atoms with Crippen LogP contribution in [0.2, 0.25) is 0 Å². The third-order valence-electron chi connectivity index (χ3n) is 4.10. The van der Waals surface area contributed by atoms with E-state index in [2.05, 4.69) is 39.0 Å². The van der Waals surface area contributed by atoms with E-state index >= 15 is 0 Å². The molecule has 0 heterocycles. The molecule has 0 aliphatic carbocycles. The third-order valence-corrected chi connectivity index (χ3v) is 4.10. The fourth-order valence-electron chi connectivity index (χ4n) is 2.66. The van der Waals surface area contributed by atoms with Crippen molar-refractivity contribution in [3.8, 4) is 5.75 Å². The first-order valence-electron chi connectivity index (χ1n) is 9.12. The molecule has 126 valence electrons. The van der Waals surface area contributed by atoms with E-state index in [4.69, 9.17) is 10.5 Å². The number of nitrogens with two attached hydrogens (primary N) is 1. The van der Waals surface area contributed by atoms with Gasteiger partial charge in [-0.1, -0.05) is 52.5 Å². The maximum atomic E-state index is 5.91. The third kappa shape index (κ3) is 7.84. The quantitative estimate of drug-likeness (QED) is 0.544. The molecule has 1 aromatic rings.